The zero-order valence-electron chi connectivity index (χ0n) is 15.6. The minimum absolute atomic E-state index is 0.125. The van der Waals surface area contributed by atoms with Crippen molar-refractivity contribution in [2.45, 2.75) is 23.8 Å². The Morgan fingerprint density at radius 1 is 1.21 bits per heavy atom. The molecule has 2 aromatic rings. The molecule has 0 spiro atoms. The first-order chi connectivity index (χ1) is 13.4. The van der Waals surface area contributed by atoms with E-state index in [1.807, 2.05) is 24.3 Å². The summed E-state index contributed by atoms with van der Waals surface area (Å²) in [6.45, 7) is 1.97. The van der Waals surface area contributed by atoms with E-state index in [-0.39, 0.29) is 23.0 Å². The summed E-state index contributed by atoms with van der Waals surface area (Å²) in [6.07, 6.45) is 2.14. The highest BCUT2D eigenvalue weighted by atomic mass is 32.2. The van der Waals surface area contributed by atoms with E-state index in [2.05, 4.69) is 9.62 Å². The summed E-state index contributed by atoms with van der Waals surface area (Å²) < 4.78 is 46.7. The van der Waals surface area contributed by atoms with Crippen molar-refractivity contribution >= 4 is 10.0 Å². The van der Waals surface area contributed by atoms with Crippen LogP contribution in [0.1, 0.15) is 30.0 Å². The minimum Gasteiger partial charge on any atom is -0.497 e. The van der Waals surface area contributed by atoms with Gasteiger partial charge in [-0.05, 0) is 61.8 Å². The van der Waals surface area contributed by atoms with Gasteiger partial charge in [0.05, 0.1) is 17.6 Å². The normalized spacial score (nSPS) is 15.9. The van der Waals surface area contributed by atoms with Crippen molar-refractivity contribution in [3.05, 3.63) is 59.4 Å². The molecule has 1 fully saturated rings. The molecule has 2 aromatic carbocycles. The predicted octanol–water partition coefficient (Wildman–Crippen LogP) is 2.82. The Kier molecular flexibility index (Phi) is 6.29. The molecule has 1 heterocycles. The first kappa shape index (κ1) is 20.3. The largest absolute Gasteiger partial charge is 0.497 e. The van der Waals surface area contributed by atoms with E-state index in [4.69, 9.17) is 10.00 Å². The molecule has 3 rings (SSSR count). The van der Waals surface area contributed by atoms with Gasteiger partial charge in [-0.25, -0.2) is 17.5 Å². The van der Waals surface area contributed by atoms with Crippen LogP contribution in [0, 0.1) is 17.1 Å². The lowest BCUT2D eigenvalue weighted by Gasteiger charge is -2.28. The molecule has 1 saturated heterocycles. The predicted molar refractivity (Wildman–Crippen MR) is 103 cm³/mol. The van der Waals surface area contributed by atoms with Gasteiger partial charge in [0.25, 0.3) is 0 Å². The zero-order chi connectivity index (χ0) is 20.1. The number of halogens is 1. The molecule has 28 heavy (non-hydrogen) atoms. The first-order valence-corrected chi connectivity index (χ1v) is 10.5. The lowest BCUT2D eigenvalue weighted by atomic mass is 10.1. The van der Waals surface area contributed by atoms with E-state index in [0.717, 1.165) is 55.4 Å². The molecular weight excluding hydrogens is 381 g/mol. The van der Waals surface area contributed by atoms with Crippen LogP contribution in [0.2, 0.25) is 0 Å². The molecule has 0 saturated carbocycles. The molecule has 1 unspecified atom stereocenters. The lowest BCUT2D eigenvalue weighted by molar-refractivity contribution is 0.246. The van der Waals surface area contributed by atoms with Crippen LogP contribution in [-0.2, 0) is 10.0 Å². The summed E-state index contributed by atoms with van der Waals surface area (Å²) in [7, 11) is -2.28. The highest BCUT2D eigenvalue weighted by Gasteiger charge is 2.26. The number of nitrogens with zero attached hydrogens (tertiary/aromatic N) is 2. The van der Waals surface area contributed by atoms with E-state index >= 15 is 0 Å². The molecular formula is C20H22FN3O3S. The number of hydrogen-bond donors (Lipinski definition) is 1. The van der Waals surface area contributed by atoms with Crippen molar-refractivity contribution in [1.29, 1.82) is 5.26 Å². The Hall–Kier alpha value is -2.47. The third-order valence-electron chi connectivity index (χ3n) is 4.92. The maximum atomic E-state index is 13.5. The van der Waals surface area contributed by atoms with Crippen molar-refractivity contribution < 1.29 is 17.5 Å². The highest BCUT2D eigenvalue weighted by Crippen LogP contribution is 2.27. The monoisotopic (exact) mass is 403 g/mol. The summed E-state index contributed by atoms with van der Waals surface area (Å²) >= 11 is 0. The van der Waals surface area contributed by atoms with E-state index in [1.54, 1.807) is 13.2 Å². The summed E-state index contributed by atoms with van der Waals surface area (Å²) in [5.41, 5.74) is 0.691. The number of hydrogen-bond acceptors (Lipinski definition) is 5. The van der Waals surface area contributed by atoms with Crippen molar-refractivity contribution in [2.24, 2.45) is 0 Å². The molecule has 0 aliphatic carbocycles. The van der Waals surface area contributed by atoms with Crippen LogP contribution in [0.3, 0.4) is 0 Å². The van der Waals surface area contributed by atoms with E-state index in [9.17, 15) is 12.8 Å². The number of rotatable bonds is 7. The number of likely N-dealkylation sites (tertiary alicyclic amines) is 1. The standard InChI is InChI=1S/C20H22FN3O3S/c1-27-17-6-4-15(5-7-17)20(24-10-2-3-11-24)14-23-28(25,26)18-8-9-19(21)16(12-18)13-22/h4-9,12,20,23H,2-3,10-11,14H2,1H3. The molecule has 6 nitrogen and oxygen atoms in total. The van der Waals surface area contributed by atoms with Gasteiger partial charge < -0.3 is 4.74 Å². The molecule has 0 aromatic heterocycles. The SMILES string of the molecule is COc1ccc(C(CNS(=O)(=O)c2ccc(F)c(C#N)c2)N2CCCC2)cc1. The molecule has 8 heteroatoms. The Bertz CT molecular complexity index is 965. The smallest absolute Gasteiger partial charge is 0.240 e. The van der Waals surface area contributed by atoms with Gasteiger partial charge in [-0.3, -0.25) is 4.90 Å². The third kappa shape index (κ3) is 4.50. The van der Waals surface area contributed by atoms with E-state index in [0.29, 0.717) is 0 Å². The van der Waals surface area contributed by atoms with Crippen LogP contribution in [-0.4, -0.2) is 40.1 Å². The lowest BCUT2D eigenvalue weighted by Crippen LogP contribution is -2.36. The summed E-state index contributed by atoms with van der Waals surface area (Å²) in [6, 6.07) is 12.3. The van der Waals surface area contributed by atoms with E-state index < -0.39 is 15.8 Å². The molecule has 1 atom stereocenters. The molecule has 1 aliphatic heterocycles. The number of ether oxygens (including phenoxy) is 1. The van der Waals surface area contributed by atoms with Crippen LogP contribution in [0.5, 0.6) is 5.75 Å². The number of benzene rings is 2. The second-order valence-electron chi connectivity index (χ2n) is 6.64. The number of methoxy groups -OCH3 is 1. The fourth-order valence-corrected chi connectivity index (χ4v) is 4.43. The summed E-state index contributed by atoms with van der Waals surface area (Å²) in [5.74, 6) is -0.00512. The first-order valence-electron chi connectivity index (χ1n) is 9.02. The Morgan fingerprint density at radius 3 is 2.50 bits per heavy atom. The van der Waals surface area contributed by atoms with Crippen LogP contribution in [0.25, 0.3) is 0 Å². The van der Waals surface area contributed by atoms with Crippen LogP contribution in [0.4, 0.5) is 4.39 Å². The van der Waals surface area contributed by atoms with Gasteiger partial charge in [-0.2, -0.15) is 5.26 Å². The van der Waals surface area contributed by atoms with Gasteiger partial charge in [0.2, 0.25) is 10.0 Å². The quantitative estimate of drug-likeness (QED) is 0.769. The Balaban J connectivity index is 1.81. The Morgan fingerprint density at radius 2 is 1.89 bits per heavy atom. The van der Waals surface area contributed by atoms with Crippen molar-refractivity contribution in [2.75, 3.05) is 26.7 Å². The molecule has 1 N–H and O–H groups in total. The van der Waals surface area contributed by atoms with Crippen molar-refractivity contribution in [3.8, 4) is 11.8 Å². The average Bonchev–Trinajstić information content (AvgIpc) is 3.23. The molecule has 0 amide bonds. The zero-order valence-corrected chi connectivity index (χ0v) is 16.4. The van der Waals surface area contributed by atoms with Gasteiger partial charge >= 0.3 is 0 Å². The van der Waals surface area contributed by atoms with Gasteiger partial charge in [-0.15, -0.1) is 0 Å². The minimum atomic E-state index is -3.87. The maximum Gasteiger partial charge on any atom is 0.240 e. The number of sulfonamides is 1. The second kappa shape index (κ2) is 8.69. The van der Waals surface area contributed by atoms with Crippen LogP contribution < -0.4 is 9.46 Å². The van der Waals surface area contributed by atoms with Crippen molar-refractivity contribution in [1.82, 2.24) is 9.62 Å². The fourth-order valence-electron chi connectivity index (χ4n) is 3.37. The van der Waals surface area contributed by atoms with Gasteiger partial charge in [-0.1, -0.05) is 12.1 Å². The maximum absolute atomic E-state index is 13.5. The molecule has 0 bridgehead atoms. The van der Waals surface area contributed by atoms with Gasteiger partial charge in [0.15, 0.2) is 0 Å². The number of nitrogens with one attached hydrogen (secondary N) is 1. The summed E-state index contributed by atoms with van der Waals surface area (Å²) in [5, 5.41) is 8.94. The fraction of sp³-hybridized carbons (Fsp3) is 0.350. The second-order valence-corrected chi connectivity index (χ2v) is 8.40. The Labute approximate surface area is 164 Å². The number of nitriles is 1. The van der Waals surface area contributed by atoms with Gasteiger partial charge in [0.1, 0.15) is 17.6 Å². The van der Waals surface area contributed by atoms with Crippen LogP contribution >= 0.6 is 0 Å². The summed E-state index contributed by atoms with van der Waals surface area (Å²) in [4.78, 5) is 2.12. The van der Waals surface area contributed by atoms with Gasteiger partial charge in [0, 0.05) is 12.6 Å². The highest BCUT2D eigenvalue weighted by molar-refractivity contribution is 7.89. The topological polar surface area (TPSA) is 82.4 Å². The van der Waals surface area contributed by atoms with Crippen LogP contribution in [0.15, 0.2) is 47.4 Å². The van der Waals surface area contributed by atoms with E-state index in [1.165, 1.54) is 0 Å². The molecule has 0 radical (unpaired) electrons. The third-order valence-corrected chi connectivity index (χ3v) is 6.34. The average molecular weight is 403 g/mol. The molecule has 1 aliphatic rings. The molecule has 148 valence electrons. The van der Waals surface area contributed by atoms with Crippen molar-refractivity contribution in [3.63, 3.8) is 0 Å².